The maximum absolute atomic E-state index is 5.42. The maximum Gasteiger partial charge on any atom is 0.162 e. The molecule has 16 heavy (non-hydrogen) atoms. The Morgan fingerprint density at radius 3 is 2.75 bits per heavy atom. The van der Waals surface area contributed by atoms with Gasteiger partial charge in [0.25, 0.3) is 0 Å². The molecule has 1 aromatic carbocycles. The van der Waals surface area contributed by atoms with Crippen LogP contribution in [0.2, 0.25) is 0 Å². The van der Waals surface area contributed by atoms with Gasteiger partial charge in [0.15, 0.2) is 4.32 Å². The number of para-hydroxylation sites is 1. The summed E-state index contributed by atoms with van der Waals surface area (Å²) in [6.07, 6.45) is 8.30. The lowest BCUT2D eigenvalue weighted by Gasteiger charge is -2.30. The van der Waals surface area contributed by atoms with Crippen molar-refractivity contribution in [3.8, 4) is 0 Å². The predicted molar refractivity (Wildman–Crippen MR) is 73.0 cm³/mol. The molecule has 0 spiro atoms. The van der Waals surface area contributed by atoms with E-state index < -0.39 is 0 Å². The SMILES string of the molecule is S=C1SC2C=CC=CN2N1c1ccccc1. The minimum Gasteiger partial charge on any atom is -0.269 e. The number of allylic oxidation sites excluding steroid dienone is 2. The summed E-state index contributed by atoms with van der Waals surface area (Å²) in [5.41, 5.74) is 1.11. The van der Waals surface area contributed by atoms with Crippen molar-refractivity contribution in [2.24, 2.45) is 0 Å². The number of rotatable bonds is 1. The summed E-state index contributed by atoms with van der Waals surface area (Å²) < 4.78 is 0.896. The number of benzene rings is 1. The van der Waals surface area contributed by atoms with Crippen LogP contribution in [0.1, 0.15) is 0 Å². The van der Waals surface area contributed by atoms with E-state index in [2.05, 4.69) is 40.5 Å². The molecule has 1 aromatic rings. The summed E-state index contributed by atoms with van der Waals surface area (Å²) in [6, 6.07) is 10.2. The molecule has 0 aliphatic carbocycles. The first-order valence-electron chi connectivity index (χ1n) is 5.05. The molecule has 0 bridgehead atoms. The molecule has 0 aromatic heterocycles. The van der Waals surface area contributed by atoms with E-state index >= 15 is 0 Å². The number of hydrogen-bond acceptors (Lipinski definition) is 3. The molecule has 1 atom stereocenters. The van der Waals surface area contributed by atoms with E-state index in [1.807, 2.05) is 24.3 Å². The van der Waals surface area contributed by atoms with Gasteiger partial charge in [-0.25, -0.2) is 5.01 Å². The fourth-order valence-corrected chi connectivity index (χ4v) is 3.24. The van der Waals surface area contributed by atoms with E-state index in [0.717, 1.165) is 10.0 Å². The number of thiocarbonyl (C=S) groups is 1. The highest BCUT2D eigenvalue weighted by molar-refractivity contribution is 8.24. The first kappa shape index (κ1) is 9.93. The fraction of sp³-hybridized carbons (Fsp3) is 0.0833. The zero-order chi connectivity index (χ0) is 11.0. The van der Waals surface area contributed by atoms with Gasteiger partial charge in [-0.2, -0.15) is 0 Å². The van der Waals surface area contributed by atoms with Crippen molar-refractivity contribution in [2.75, 3.05) is 5.01 Å². The van der Waals surface area contributed by atoms with Gasteiger partial charge in [0.2, 0.25) is 0 Å². The van der Waals surface area contributed by atoms with Crippen molar-refractivity contribution < 1.29 is 0 Å². The Bertz CT molecular complexity index is 467. The molecule has 4 heteroatoms. The topological polar surface area (TPSA) is 6.48 Å². The molecular formula is C12H10N2S2. The predicted octanol–water partition coefficient (Wildman–Crippen LogP) is 3.15. The molecule has 80 valence electrons. The molecule has 2 aliphatic rings. The van der Waals surface area contributed by atoms with Crippen LogP contribution < -0.4 is 5.01 Å². The van der Waals surface area contributed by atoms with E-state index in [1.54, 1.807) is 11.8 Å². The Kier molecular flexibility index (Phi) is 2.46. The highest BCUT2D eigenvalue weighted by atomic mass is 32.2. The van der Waals surface area contributed by atoms with Crippen LogP contribution in [0.15, 0.2) is 54.8 Å². The summed E-state index contributed by atoms with van der Waals surface area (Å²) in [6.45, 7) is 0. The lowest BCUT2D eigenvalue weighted by Crippen LogP contribution is -2.38. The lowest BCUT2D eigenvalue weighted by atomic mass is 10.3. The Hall–Kier alpha value is -1.26. The number of thioether (sulfide) groups is 1. The van der Waals surface area contributed by atoms with Crippen LogP contribution in [-0.4, -0.2) is 14.7 Å². The second-order valence-electron chi connectivity index (χ2n) is 3.53. The minimum absolute atomic E-state index is 0.303. The molecule has 0 N–H and O–H groups in total. The zero-order valence-electron chi connectivity index (χ0n) is 8.48. The second-order valence-corrected chi connectivity index (χ2v) is 5.28. The summed E-state index contributed by atoms with van der Waals surface area (Å²) in [7, 11) is 0. The van der Waals surface area contributed by atoms with E-state index in [1.165, 1.54) is 0 Å². The van der Waals surface area contributed by atoms with Crippen molar-refractivity contribution in [2.45, 2.75) is 5.37 Å². The number of nitrogens with zero attached hydrogens (tertiary/aromatic N) is 2. The van der Waals surface area contributed by atoms with Crippen LogP contribution in [0.4, 0.5) is 5.69 Å². The van der Waals surface area contributed by atoms with Crippen molar-refractivity contribution >= 4 is 34.0 Å². The molecule has 1 fully saturated rings. The van der Waals surface area contributed by atoms with Gasteiger partial charge in [-0.1, -0.05) is 48.3 Å². The molecule has 2 heterocycles. The van der Waals surface area contributed by atoms with Crippen LogP contribution in [-0.2, 0) is 0 Å². The zero-order valence-corrected chi connectivity index (χ0v) is 10.1. The summed E-state index contributed by atoms with van der Waals surface area (Å²) in [4.78, 5) is 0. The van der Waals surface area contributed by atoms with Crippen molar-refractivity contribution in [3.63, 3.8) is 0 Å². The average Bonchev–Trinajstić information content (AvgIpc) is 2.66. The van der Waals surface area contributed by atoms with Gasteiger partial charge in [0, 0.05) is 6.20 Å². The minimum atomic E-state index is 0.303. The third kappa shape index (κ3) is 1.54. The molecule has 1 saturated heterocycles. The quantitative estimate of drug-likeness (QED) is 0.702. The second kappa shape index (κ2) is 3.96. The fourth-order valence-electron chi connectivity index (χ4n) is 1.80. The van der Waals surface area contributed by atoms with Crippen LogP contribution in [0, 0.1) is 0 Å². The summed E-state index contributed by atoms with van der Waals surface area (Å²) >= 11 is 7.11. The van der Waals surface area contributed by atoms with Crippen molar-refractivity contribution in [3.05, 3.63) is 54.8 Å². The third-order valence-electron chi connectivity index (χ3n) is 2.51. The molecule has 3 rings (SSSR count). The average molecular weight is 246 g/mol. The monoisotopic (exact) mass is 246 g/mol. The van der Waals surface area contributed by atoms with Crippen LogP contribution >= 0.6 is 24.0 Å². The Balaban J connectivity index is 1.99. The smallest absolute Gasteiger partial charge is 0.162 e. The number of fused-ring (bicyclic) bond motifs is 1. The highest BCUT2D eigenvalue weighted by Gasteiger charge is 2.34. The van der Waals surface area contributed by atoms with Gasteiger partial charge >= 0.3 is 0 Å². The van der Waals surface area contributed by atoms with Crippen molar-refractivity contribution in [1.82, 2.24) is 5.01 Å². The molecule has 2 nitrogen and oxygen atoms in total. The van der Waals surface area contributed by atoms with Gasteiger partial charge in [0.05, 0.1) is 5.69 Å². The summed E-state index contributed by atoms with van der Waals surface area (Å²) in [5.74, 6) is 0. The Morgan fingerprint density at radius 1 is 1.12 bits per heavy atom. The first-order chi connectivity index (χ1) is 7.86. The van der Waals surface area contributed by atoms with E-state index in [4.69, 9.17) is 12.2 Å². The van der Waals surface area contributed by atoms with Gasteiger partial charge in [-0.15, -0.1) is 0 Å². The number of hydrogen-bond donors (Lipinski definition) is 0. The van der Waals surface area contributed by atoms with Gasteiger partial charge in [-0.05, 0) is 24.3 Å². The Labute approximate surface area is 104 Å². The highest BCUT2D eigenvalue weighted by Crippen LogP contribution is 2.36. The largest absolute Gasteiger partial charge is 0.269 e. The summed E-state index contributed by atoms with van der Waals surface area (Å²) in [5, 5.41) is 4.53. The lowest BCUT2D eigenvalue weighted by molar-refractivity contribution is 0.420. The maximum atomic E-state index is 5.42. The molecule has 2 aliphatic heterocycles. The first-order valence-corrected chi connectivity index (χ1v) is 6.34. The molecule has 0 saturated carbocycles. The number of hydrazine groups is 1. The normalized spacial score (nSPS) is 22.8. The molecule has 0 radical (unpaired) electrons. The van der Waals surface area contributed by atoms with Crippen LogP contribution in [0.25, 0.3) is 0 Å². The van der Waals surface area contributed by atoms with Gasteiger partial charge < -0.3 is 0 Å². The van der Waals surface area contributed by atoms with Crippen molar-refractivity contribution in [1.29, 1.82) is 0 Å². The standard InChI is InChI=1S/C12H10N2S2/c15-12-14(10-6-2-1-3-7-10)13-9-5-4-8-11(13)16-12/h1-9,11H. The van der Waals surface area contributed by atoms with Crippen LogP contribution in [0.3, 0.4) is 0 Å². The van der Waals surface area contributed by atoms with E-state index in [9.17, 15) is 0 Å². The van der Waals surface area contributed by atoms with Gasteiger partial charge in [0.1, 0.15) is 5.37 Å². The molecular weight excluding hydrogens is 236 g/mol. The number of anilines is 1. The third-order valence-corrected chi connectivity index (χ3v) is 3.96. The van der Waals surface area contributed by atoms with Crippen LogP contribution in [0.5, 0.6) is 0 Å². The Morgan fingerprint density at radius 2 is 1.94 bits per heavy atom. The molecule has 1 unspecified atom stereocenters. The van der Waals surface area contributed by atoms with Gasteiger partial charge in [-0.3, -0.25) is 5.01 Å². The van der Waals surface area contributed by atoms with E-state index in [-0.39, 0.29) is 0 Å². The van der Waals surface area contributed by atoms with E-state index in [0.29, 0.717) is 5.37 Å². The molecule has 0 amide bonds.